The summed E-state index contributed by atoms with van der Waals surface area (Å²) >= 11 is 8.51. The number of benzene rings is 1. The van der Waals surface area contributed by atoms with Crippen LogP contribution in [0.3, 0.4) is 0 Å². The van der Waals surface area contributed by atoms with Crippen LogP contribution in [0.15, 0.2) is 22.7 Å². The number of rotatable bonds is 9. The molecule has 0 heterocycles. The van der Waals surface area contributed by atoms with E-state index in [0.29, 0.717) is 30.4 Å². The van der Waals surface area contributed by atoms with Crippen molar-refractivity contribution in [2.24, 2.45) is 0 Å². The third-order valence-corrected chi connectivity index (χ3v) is 3.85. The van der Waals surface area contributed by atoms with Gasteiger partial charge in [0.25, 0.3) is 5.91 Å². The van der Waals surface area contributed by atoms with Crippen molar-refractivity contribution in [1.29, 1.82) is 0 Å². The van der Waals surface area contributed by atoms with Crippen molar-refractivity contribution in [2.45, 2.75) is 26.2 Å². The summed E-state index contributed by atoms with van der Waals surface area (Å²) in [5, 5.41) is 5.92. The predicted molar refractivity (Wildman–Crippen MR) is 99.1 cm³/mol. The van der Waals surface area contributed by atoms with Crippen LogP contribution in [-0.2, 0) is 4.74 Å². The SMILES string of the molecule is CCCCOc1ccc(C(=O)NC(=S)NCCCOC)cc1Br. The number of halogens is 1. The first-order chi connectivity index (χ1) is 11.1. The Labute approximate surface area is 151 Å². The van der Waals surface area contributed by atoms with Crippen LogP contribution in [0.1, 0.15) is 36.5 Å². The highest BCUT2D eigenvalue weighted by atomic mass is 79.9. The first-order valence-electron chi connectivity index (χ1n) is 7.59. The van der Waals surface area contributed by atoms with E-state index >= 15 is 0 Å². The van der Waals surface area contributed by atoms with Crippen LogP contribution in [0.25, 0.3) is 0 Å². The Morgan fingerprint density at radius 1 is 1.30 bits per heavy atom. The average molecular weight is 403 g/mol. The van der Waals surface area contributed by atoms with Gasteiger partial charge in [-0.2, -0.15) is 0 Å². The Morgan fingerprint density at radius 3 is 2.74 bits per heavy atom. The maximum absolute atomic E-state index is 12.1. The average Bonchev–Trinajstić information content (AvgIpc) is 2.53. The van der Waals surface area contributed by atoms with Gasteiger partial charge in [-0.3, -0.25) is 10.1 Å². The molecular weight excluding hydrogens is 380 g/mol. The fourth-order valence-corrected chi connectivity index (χ4v) is 2.41. The lowest BCUT2D eigenvalue weighted by Gasteiger charge is -2.11. The van der Waals surface area contributed by atoms with Crippen molar-refractivity contribution < 1.29 is 14.3 Å². The van der Waals surface area contributed by atoms with Gasteiger partial charge in [0.2, 0.25) is 0 Å². The van der Waals surface area contributed by atoms with Crippen LogP contribution in [0, 0.1) is 0 Å². The summed E-state index contributed by atoms with van der Waals surface area (Å²) in [7, 11) is 1.65. The molecule has 128 valence electrons. The predicted octanol–water partition coefficient (Wildman–Crippen LogP) is 3.27. The van der Waals surface area contributed by atoms with Crippen LogP contribution in [0.2, 0.25) is 0 Å². The first kappa shape index (κ1) is 19.9. The normalized spacial score (nSPS) is 10.2. The van der Waals surface area contributed by atoms with E-state index in [1.807, 2.05) is 0 Å². The molecule has 0 fully saturated rings. The molecular formula is C16H23BrN2O3S. The van der Waals surface area contributed by atoms with Crippen molar-refractivity contribution in [3.8, 4) is 5.75 Å². The Morgan fingerprint density at radius 2 is 2.09 bits per heavy atom. The lowest BCUT2D eigenvalue weighted by Crippen LogP contribution is -2.39. The second kappa shape index (κ2) is 11.4. The van der Waals surface area contributed by atoms with Crippen LogP contribution >= 0.6 is 28.1 Å². The molecule has 1 aromatic rings. The molecule has 0 aliphatic heterocycles. The summed E-state index contributed by atoms with van der Waals surface area (Å²) in [4.78, 5) is 12.1. The van der Waals surface area contributed by atoms with Crippen molar-refractivity contribution >= 4 is 39.2 Å². The molecule has 0 bridgehead atoms. The van der Waals surface area contributed by atoms with E-state index in [4.69, 9.17) is 21.7 Å². The number of hydrogen-bond acceptors (Lipinski definition) is 4. The molecule has 1 amide bonds. The van der Waals surface area contributed by atoms with Crippen molar-refractivity contribution in [3.63, 3.8) is 0 Å². The van der Waals surface area contributed by atoms with Crippen molar-refractivity contribution in [1.82, 2.24) is 10.6 Å². The molecule has 2 N–H and O–H groups in total. The largest absolute Gasteiger partial charge is 0.492 e. The topological polar surface area (TPSA) is 59.6 Å². The zero-order valence-corrected chi connectivity index (χ0v) is 15.9. The van der Waals surface area contributed by atoms with Crippen molar-refractivity contribution in [3.05, 3.63) is 28.2 Å². The number of carbonyl (C=O) groups is 1. The lowest BCUT2D eigenvalue weighted by molar-refractivity contribution is 0.0976. The fraction of sp³-hybridized carbons (Fsp3) is 0.500. The molecule has 1 aromatic carbocycles. The highest BCUT2D eigenvalue weighted by molar-refractivity contribution is 9.10. The smallest absolute Gasteiger partial charge is 0.257 e. The second-order valence-electron chi connectivity index (χ2n) is 4.90. The van der Waals surface area contributed by atoms with Gasteiger partial charge in [0, 0.05) is 25.8 Å². The van der Waals surface area contributed by atoms with E-state index < -0.39 is 0 Å². The molecule has 0 aliphatic carbocycles. The third kappa shape index (κ3) is 7.76. The monoisotopic (exact) mass is 402 g/mol. The van der Waals surface area contributed by atoms with Crippen LogP contribution < -0.4 is 15.4 Å². The molecule has 0 radical (unpaired) electrons. The maximum atomic E-state index is 12.1. The highest BCUT2D eigenvalue weighted by Crippen LogP contribution is 2.26. The minimum atomic E-state index is -0.255. The number of ether oxygens (including phenoxy) is 2. The molecule has 0 atom stereocenters. The summed E-state index contributed by atoms with van der Waals surface area (Å²) in [5.41, 5.74) is 0.515. The molecule has 23 heavy (non-hydrogen) atoms. The van der Waals surface area contributed by atoms with Gasteiger partial charge in [0.1, 0.15) is 5.75 Å². The minimum Gasteiger partial charge on any atom is -0.492 e. The van der Waals surface area contributed by atoms with E-state index in [2.05, 4.69) is 33.5 Å². The molecule has 0 aromatic heterocycles. The second-order valence-corrected chi connectivity index (χ2v) is 6.17. The Kier molecular flexibility index (Phi) is 9.82. The number of thiocarbonyl (C=S) groups is 1. The molecule has 5 nitrogen and oxygen atoms in total. The Bertz CT molecular complexity index is 526. The summed E-state index contributed by atoms with van der Waals surface area (Å²) in [5.74, 6) is 0.477. The van der Waals surface area contributed by atoms with Crippen molar-refractivity contribution in [2.75, 3.05) is 26.9 Å². The van der Waals surface area contributed by atoms with E-state index in [0.717, 1.165) is 29.5 Å². The number of amides is 1. The van der Waals surface area contributed by atoms with Gasteiger partial charge in [-0.1, -0.05) is 13.3 Å². The molecule has 0 aliphatic rings. The van der Waals surface area contributed by atoms with Gasteiger partial charge in [-0.05, 0) is 59.2 Å². The lowest BCUT2D eigenvalue weighted by atomic mass is 10.2. The van der Waals surface area contributed by atoms with E-state index in [9.17, 15) is 4.79 Å². The summed E-state index contributed by atoms with van der Waals surface area (Å²) in [6.07, 6.45) is 2.90. The Balaban J connectivity index is 2.49. The summed E-state index contributed by atoms with van der Waals surface area (Å²) < 4.78 is 11.3. The van der Waals surface area contributed by atoms with Crippen LogP contribution in [-0.4, -0.2) is 37.9 Å². The molecule has 0 saturated carbocycles. The number of nitrogens with one attached hydrogen (secondary N) is 2. The van der Waals surface area contributed by atoms with Gasteiger partial charge in [-0.25, -0.2) is 0 Å². The Hall–Kier alpha value is -1.18. The van der Waals surface area contributed by atoms with Gasteiger partial charge < -0.3 is 14.8 Å². The molecule has 0 unspecified atom stereocenters. The zero-order valence-electron chi connectivity index (χ0n) is 13.5. The molecule has 0 saturated heterocycles. The van der Waals surface area contributed by atoms with Crippen LogP contribution in [0.4, 0.5) is 0 Å². The zero-order chi connectivity index (χ0) is 17.1. The van der Waals surface area contributed by atoms with Gasteiger partial charge in [0.05, 0.1) is 11.1 Å². The number of unbranched alkanes of at least 4 members (excludes halogenated alkanes) is 1. The van der Waals surface area contributed by atoms with E-state index in [1.54, 1.807) is 25.3 Å². The highest BCUT2D eigenvalue weighted by Gasteiger charge is 2.10. The number of hydrogen-bond donors (Lipinski definition) is 2. The fourth-order valence-electron chi connectivity index (χ4n) is 1.72. The standard InChI is InChI=1S/C16H23BrN2O3S/c1-3-4-10-22-14-7-6-12(11-13(14)17)15(20)19-16(23)18-8-5-9-21-2/h6-7,11H,3-5,8-10H2,1-2H3,(H2,18,19,20,23). The molecule has 1 rings (SSSR count). The van der Waals surface area contributed by atoms with E-state index in [-0.39, 0.29) is 5.91 Å². The summed E-state index contributed by atoms with van der Waals surface area (Å²) in [6, 6.07) is 5.22. The maximum Gasteiger partial charge on any atom is 0.257 e. The van der Waals surface area contributed by atoms with Crippen LogP contribution in [0.5, 0.6) is 5.75 Å². The molecule has 0 spiro atoms. The number of methoxy groups -OCH3 is 1. The first-order valence-corrected chi connectivity index (χ1v) is 8.79. The van der Waals surface area contributed by atoms with Gasteiger partial charge >= 0.3 is 0 Å². The summed E-state index contributed by atoms with van der Waals surface area (Å²) in [6.45, 7) is 4.07. The van der Waals surface area contributed by atoms with Gasteiger partial charge in [0.15, 0.2) is 5.11 Å². The minimum absolute atomic E-state index is 0.255. The van der Waals surface area contributed by atoms with Gasteiger partial charge in [-0.15, -0.1) is 0 Å². The quantitative estimate of drug-likeness (QED) is 0.490. The third-order valence-electron chi connectivity index (χ3n) is 2.99. The number of carbonyl (C=O) groups excluding carboxylic acids is 1. The van der Waals surface area contributed by atoms with E-state index in [1.165, 1.54) is 0 Å². The molecule has 7 heteroatoms.